The second-order valence-corrected chi connectivity index (χ2v) is 5.69. The van der Waals surface area contributed by atoms with E-state index in [1.54, 1.807) is 0 Å². The summed E-state index contributed by atoms with van der Waals surface area (Å²) < 4.78 is 2.30. The first-order chi connectivity index (χ1) is 8.15. The molecule has 0 atom stereocenters. The third-order valence-corrected chi connectivity index (χ3v) is 4.58. The molecule has 2 aromatic rings. The van der Waals surface area contributed by atoms with E-state index in [2.05, 4.69) is 43.5 Å². The van der Waals surface area contributed by atoms with Crippen LogP contribution >= 0.6 is 0 Å². The molecule has 1 saturated carbocycles. The second-order valence-electron chi connectivity index (χ2n) is 5.69. The van der Waals surface area contributed by atoms with Crippen LogP contribution in [0.3, 0.4) is 0 Å². The molecule has 1 aliphatic carbocycles. The summed E-state index contributed by atoms with van der Waals surface area (Å²) in [7, 11) is 0. The Bertz CT molecular complexity index is 547. The van der Waals surface area contributed by atoms with Crippen LogP contribution in [-0.4, -0.2) is 9.38 Å². The topological polar surface area (TPSA) is 17.3 Å². The number of aryl methyl sites for hydroxylation is 1. The van der Waals surface area contributed by atoms with Crippen LogP contribution in [0.2, 0.25) is 0 Å². The Balaban J connectivity index is 2.21. The van der Waals surface area contributed by atoms with Crippen LogP contribution in [0.15, 0.2) is 24.5 Å². The Morgan fingerprint density at radius 2 is 2.12 bits per heavy atom. The standard InChI is InChI=1S/C15H20N2/c1-11(2)15(7-5-8-15)14-16-10-13-12(3)6-4-9-17(13)14/h4,6,9-11H,5,7-8H2,1-3H3. The third-order valence-electron chi connectivity index (χ3n) is 4.58. The van der Waals surface area contributed by atoms with Crippen LogP contribution in [-0.2, 0) is 5.41 Å². The van der Waals surface area contributed by atoms with Crippen molar-refractivity contribution in [3.05, 3.63) is 35.9 Å². The molecule has 2 nitrogen and oxygen atoms in total. The SMILES string of the molecule is Cc1cccn2c(C3(C(C)C)CCC3)ncc12. The summed E-state index contributed by atoms with van der Waals surface area (Å²) in [6.07, 6.45) is 8.12. The lowest BCUT2D eigenvalue weighted by Gasteiger charge is -2.44. The number of hydrogen-bond acceptors (Lipinski definition) is 1. The molecule has 0 bridgehead atoms. The smallest absolute Gasteiger partial charge is 0.119 e. The van der Waals surface area contributed by atoms with Gasteiger partial charge in [-0.05, 0) is 37.3 Å². The van der Waals surface area contributed by atoms with Gasteiger partial charge in [0.05, 0.1) is 11.7 Å². The Labute approximate surface area is 103 Å². The van der Waals surface area contributed by atoms with Crippen LogP contribution in [0.4, 0.5) is 0 Å². The molecule has 0 aliphatic heterocycles. The molecule has 0 amide bonds. The van der Waals surface area contributed by atoms with Gasteiger partial charge in [-0.3, -0.25) is 0 Å². The number of hydrogen-bond donors (Lipinski definition) is 0. The molecule has 2 aromatic heterocycles. The molecular weight excluding hydrogens is 208 g/mol. The molecule has 17 heavy (non-hydrogen) atoms. The van der Waals surface area contributed by atoms with Gasteiger partial charge in [0.1, 0.15) is 5.82 Å². The molecule has 1 fully saturated rings. The van der Waals surface area contributed by atoms with E-state index >= 15 is 0 Å². The number of rotatable bonds is 2. The van der Waals surface area contributed by atoms with Crippen molar-refractivity contribution in [2.24, 2.45) is 5.92 Å². The average molecular weight is 228 g/mol. The predicted molar refractivity (Wildman–Crippen MR) is 70.3 cm³/mol. The highest BCUT2D eigenvalue weighted by Gasteiger charge is 2.44. The molecule has 2 heteroatoms. The van der Waals surface area contributed by atoms with Crippen molar-refractivity contribution in [3.63, 3.8) is 0 Å². The van der Waals surface area contributed by atoms with Gasteiger partial charge < -0.3 is 4.40 Å². The van der Waals surface area contributed by atoms with Crippen LogP contribution in [0.25, 0.3) is 5.52 Å². The maximum absolute atomic E-state index is 4.73. The number of pyridine rings is 1. The number of nitrogens with zero attached hydrogens (tertiary/aromatic N) is 2. The van der Waals surface area contributed by atoms with Gasteiger partial charge in [-0.2, -0.15) is 0 Å². The molecule has 1 aliphatic rings. The summed E-state index contributed by atoms with van der Waals surface area (Å²) in [5, 5.41) is 0. The summed E-state index contributed by atoms with van der Waals surface area (Å²) in [6, 6.07) is 4.28. The molecular formula is C15H20N2. The molecule has 0 saturated heterocycles. The van der Waals surface area contributed by atoms with Gasteiger partial charge in [0.2, 0.25) is 0 Å². The molecule has 0 unspecified atom stereocenters. The third kappa shape index (κ3) is 1.36. The Hall–Kier alpha value is -1.31. The predicted octanol–water partition coefficient (Wildman–Crippen LogP) is 3.72. The minimum Gasteiger partial charge on any atom is -0.303 e. The quantitative estimate of drug-likeness (QED) is 0.765. The Morgan fingerprint density at radius 1 is 1.35 bits per heavy atom. The van der Waals surface area contributed by atoms with Crippen molar-refractivity contribution in [3.8, 4) is 0 Å². The fourth-order valence-electron chi connectivity index (χ4n) is 3.15. The highest BCUT2D eigenvalue weighted by molar-refractivity contribution is 5.54. The molecule has 0 N–H and O–H groups in total. The van der Waals surface area contributed by atoms with Crippen molar-refractivity contribution in [1.82, 2.24) is 9.38 Å². The van der Waals surface area contributed by atoms with Crippen LogP contribution in [0, 0.1) is 12.8 Å². The zero-order chi connectivity index (χ0) is 12.0. The molecule has 3 rings (SSSR count). The molecule has 0 spiro atoms. The average Bonchev–Trinajstić information content (AvgIpc) is 2.62. The summed E-state index contributed by atoms with van der Waals surface area (Å²) >= 11 is 0. The molecule has 0 radical (unpaired) electrons. The van der Waals surface area contributed by atoms with Gasteiger partial charge in [-0.15, -0.1) is 0 Å². The number of imidazole rings is 1. The van der Waals surface area contributed by atoms with Crippen LogP contribution in [0.1, 0.15) is 44.5 Å². The summed E-state index contributed by atoms with van der Waals surface area (Å²) in [5.74, 6) is 1.94. The largest absolute Gasteiger partial charge is 0.303 e. The lowest BCUT2D eigenvalue weighted by molar-refractivity contribution is 0.156. The van der Waals surface area contributed by atoms with E-state index in [9.17, 15) is 0 Å². The van der Waals surface area contributed by atoms with Crippen molar-refractivity contribution < 1.29 is 0 Å². The summed E-state index contributed by atoms with van der Waals surface area (Å²) in [6.45, 7) is 6.82. The highest BCUT2D eigenvalue weighted by Crippen LogP contribution is 2.48. The van der Waals surface area contributed by atoms with Gasteiger partial charge in [0.15, 0.2) is 0 Å². The summed E-state index contributed by atoms with van der Waals surface area (Å²) in [4.78, 5) is 4.73. The Morgan fingerprint density at radius 3 is 2.71 bits per heavy atom. The van der Waals surface area contributed by atoms with Gasteiger partial charge >= 0.3 is 0 Å². The second kappa shape index (κ2) is 3.59. The molecule has 0 aromatic carbocycles. The monoisotopic (exact) mass is 228 g/mol. The van der Waals surface area contributed by atoms with E-state index in [0.717, 1.165) is 0 Å². The van der Waals surface area contributed by atoms with E-state index in [4.69, 9.17) is 4.98 Å². The fraction of sp³-hybridized carbons (Fsp3) is 0.533. The maximum Gasteiger partial charge on any atom is 0.119 e. The van der Waals surface area contributed by atoms with Gasteiger partial charge in [-0.1, -0.05) is 26.3 Å². The van der Waals surface area contributed by atoms with E-state index in [1.807, 2.05) is 6.20 Å². The lowest BCUT2D eigenvalue weighted by atomic mass is 9.61. The van der Waals surface area contributed by atoms with E-state index < -0.39 is 0 Å². The van der Waals surface area contributed by atoms with E-state index in [-0.39, 0.29) is 0 Å². The first-order valence-corrected chi connectivity index (χ1v) is 6.58. The highest BCUT2D eigenvalue weighted by atomic mass is 15.0. The normalized spacial score (nSPS) is 18.6. The first kappa shape index (κ1) is 10.8. The van der Waals surface area contributed by atoms with Crippen molar-refractivity contribution in [2.75, 3.05) is 0 Å². The lowest BCUT2D eigenvalue weighted by Crippen LogP contribution is -2.41. The number of aromatic nitrogens is 2. The van der Waals surface area contributed by atoms with Crippen molar-refractivity contribution in [2.45, 2.75) is 45.4 Å². The minimum absolute atomic E-state index is 0.320. The summed E-state index contributed by atoms with van der Waals surface area (Å²) in [5.41, 5.74) is 2.89. The van der Waals surface area contributed by atoms with E-state index in [1.165, 1.54) is 36.2 Å². The molecule has 90 valence electrons. The zero-order valence-electron chi connectivity index (χ0n) is 10.9. The zero-order valence-corrected chi connectivity index (χ0v) is 10.9. The van der Waals surface area contributed by atoms with Crippen LogP contribution < -0.4 is 0 Å². The fourth-order valence-corrected chi connectivity index (χ4v) is 3.15. The van der Waals surface area contributed by atoms with Crippen molar-refractivity contribution in [1.29, 1.82) is 0 Å². The Kier molecular flexibility index (Phi) is 2.29. The van der Waals surface area contributed by atoms with Gasteiger partial charge in [-0.25, -0.2) is 4.98 Å². The van der Waals surface area contributed by atoms with Crippen molar-refractivity contribution >= 4 is 5.52 Å². The van der Waals surface area contributed by atoms with Crippen LogP contribution in [0.5, 0.6) is 0 Å². The van der Waals surface area contributed by atoms with E-state index in [0.29, 0.717) is 11.3 Å². The first-order valence-electron chi connectivity index (χ1n) is 6.58. The molecule has 2 heterocycles. The number of fused-ring (bicyclic) bond motifs is 1. The maximum atomic E-state index is 4.73. The minimum atomic E-state index is 0.320. The van der Waals surface area contributed by atoms with Gasteiger partial charge in [0.25, 0.3) is 0 Å². The van der Waals surface area contributed by atoms with Gasteiger partial charge in [0, 0.05) is 11.6 Å².